The molecule has 0 amide bonds. The average Bonchev–Trinajstić information content (AvgIpc) is 2.86. The minimum atomic E-state index is 0.251. The van der Waals surface area contributed by atoms with Crippen LogP contribution >= 0.6 is 38.9 Å². The van der Waals surface area contributed by atoms with Crippen molar-refractivity contribution in [1.82, 2.24) is 9.97 Å². The average molecular weight is 384 g/mol. The smallest absolute Gasteiger partial charge is 0.223 e. The molecule has 1 aromatic carbocycles. The molecule has 0 atom stereocenters. The highest BCUT2D eigenvalue weighted by Crippen LogP contribution is 2.34. The summed E-state index contributed by atoms with van der Waals surface area (Å²) >= 11 is 11.3. The third-order valence-corrected chi connectivity index (χ3v) is 4.99. The van der Waals surface area contributed by atoms with Gasteiger partial charge in [-0.15, -0.1) is 11.3 Å². The number of benzene rings is 1. The zero-order valence-corrected chi connectivity index (χ0v) is 14.3. The molecule has 0 spiro atoms. The van der Waals surface area contributed by atoms with Crippen molar-refractivity contribution in [2.75, 3.05) is 11.1 Å². The van der Waals surface area contributed by atoms with Crippen molar-refractivity contribution < 1.29 is 0 Å². The van der Waals surface area contributed by atoms with Gasteiger partial charge in [0.15, 0.2) is 0 Å². The van der Waals surface area contributed by atoms with Gasteiger partial charge in [0.1, 0.15) is 10.6 Å². The van der Waals surface area contributed by atoms with Crippen LogP contribution in [0.3, 0.4) is 0 Å². The highest BCUT2D eigenvalue weighted by Gasteiger charge is 2.12. The molecule has 3 N–H and O–H groups in total. The Balaban J connectivity index is 2.11. The predicted octanol–water partition coefficient (Wildman–Crippen LogP) is 5.00. The molecule has 0 saturated carbocycles. The van der Waals surface area contributed by atoms with Gasteiger partial charge in [-0.05, 0) is 30.7 Å². The van der Waals surface area contributed by atoms with Crippen LogP contribution in [0.1, 0.15) is 11.8 Å². The summed E-state index contributed by atoms with van der Waals surface area (Å²) in [5.74, 6) is 0.925. The third kappa shape index (κ3) is 2.97. The summed E-state index contributed by atoms with van der Waals surface area (Å²) in [6.45, 7) is 2.11. The van der Waals surface area contributed by atoms with Crippen LogP contribution in [0, 0.1) is 0 Å². The van der Waals surface area contributed by atoms with Crippen LogP contribution in [-0.2, 0) is 6.42 Å². The fourth-order valence-corrected chi connectivity index (χ4v) is 3.48. The van der Waals surface area contributed by atoms with E-state index in [4.69, 9.17) is 17.3 Å². The van der Waals surface area contributed by atoms with E-state index in [0.29, 0.717) is 10.8 Å². The number of hydrogen-bond donors (Lipinski definition) is 2. The third-order valence-electron chi connectivity index (χ3n) is 2.99. The maximum absolute atomic E-state index is 6.21. The lowest BCUT2D eigenvalue weighted by molar-refractivity contribution is 1.19. The lowest BCUT2D eigenvalue weighted by Crippen LogP contribution is -2.00. The molecular formula is C14H12BrClN4S. The summed E-state index contributed by atoms with van der Waals surface area (Å²) in [5.41, 5.74) is 6.57. The van der Waals surface area contributed by atoms with Crippen molar-refractivity contribution in [1.29, 1.82) is 0 Å². The van der Waals surface area contributed by atoms with Crippen LogP contribution in [0.15, 0.2) is 28.7 Å². The van der Waals surface area contributed by atoms with Crippen molar-refractivity contribution in [3.05, 3.63) is 38.6 Å². The number of hydrogen-bond acceptors (Lipinski definition) is 5. The summed E-state index contributed by atoms with van der Waals surface area (Å²) in [7, 11) is 0. The van der Waals surface area contributed by atoms with E-state index in [1.807, 2.05) is 18.2 Å². The number of rotatable bonds is 3. The standard InChI is InChI=1S/C14H12BrClN4S/c1-2-8-6-9-12(19-14(17)20-13(9)21-8)18-11-5-7(15)3-4-10(11)16/h3-6H,2H2,1H3,(H3,17,18,19,20). The van der Waals surface area contributed by atoms with Gasteiger partial charge in [-0.2, -0.15) is 4.98 Å². The molecular weight excluding hydrogens is 372 g/mol. The molecule has 0 fully saturated rings. The lowest BCUT2D eigenvalue weighted by Gasteiger charge is -2.09. The molecule has 0 aliphatic heterocycles. The molecule has 0 aliphatic rings. The summed E-state index contributed by atoms with van der Waals surface area (Å²) < 4.78 is 0.937. The van der Waals surface area contributed by atoms with Crippen molar-refractivity contribution >= 4 is 66.5 Å². The second-order valence-corrected chi connectivity index (χ2v) is 6.90. The first-order valence-electron chi connectivity index (χ1n) is 6.35. The number of fused-ring (bicyclic) bond motifs is 1. The van der Waals surface area contributed by atoms with Gasteiger partial charge in [0.2, 0.25) is 5.95 Å². The van der Waals surface area contributed by atoms with E-state index in [1.54, 1.807) is 11.3 Å². The predicted molar refractivity (Wildman–Crippen MR) is 93.6 cm³/mol. The van der Waals surface area contributed by atoms with Crippen LogP contribution in [0.4, 0.5) is 17.5 Å². The Morgan fingerprint density at radius 3 is 2.90 bits per heavy atom. The van der Waals surface area contributed by atoms with Gasteiger partial charge in [-0.3, -0.25) is 0 Å². The van der Waals surface area contributed by atoms with E-state index in [2.05, 4.69) is 44.2 Å². The highest BCUT2D eigenvalue weighted by molar-refractivity contribution is 9.10. The Morgan fingerprint density at radius 1 is 1.33 bits per heavy atom. The Bertz CT molecular complexity index is 818. The molecule has 0 unspecified atom stereocenters. The van der Waals surface area contributed by atoms with Gasteiger partial charge in [-0.1, -0.05) is 34.5 Å². The van der Waals surface area contributed by atoms with Gasteiger partial charge in [0.05, 0.1) is 16.1 Å². The van der Waals surface area contributed by atoms with Crippen molar-refractivity contribution in [2.24, 2.45) is 0 Å². The number of thiophene rings is 1. The van der Waals surface area contributed by atoms with Crippen LogP contribution in [0.2, 0.25) is 5.02 Å². The Kier molecular flexibility index (Phi) is 4.01. The summed E-state index contributed by atoms with van der Waals surface area (Å²) in [5, 5.41) is 4.83. The molecule has 108 valence electrons. The number of nitrogens with zero attached hydrogens (tertiary/aromatic N) is 2. The Hall–Kier alpha value is -1.37. The SMILES string of the molecule is CCc1cc2c(Nc3cc(Br)ccc3Cl)nc(N)nc2s1. The maximum Gasteiger partial charge on any atom is 0.223 e. The molecule has 2 aromatic heterocycles. The number of aryl methyl sites for hydroxylation is 1. The molecule has 0 aliphatic carbocycles. The number of nitrogen functional groups attached to an aromatic ring is 1. The molecule has 3 rings (SSSR count). The summed E-state index contributed by atoms with van der Waals surface area (Å²) in [6, 6.07) is 7.70. The first-order chi connectivity index (χ1) is 10.1. The molecule has 0 bridgehead atoms. The first-order valence-corrected chi connectivity index (χ1v) is 8.33. The van der Waals surface area contributed by atoms with Crippen molar-refractivity contribution in [3.63, 3.8) is 0 Å². The van der Waals surface area contributed by atoms with Gasteiger partial charge in [0.25, 0.3) is 0 Å². The summed E-state index contributed by atoms with van der Waals surface area (Å²) in [6.07, 6.45) is 0.956. The van der Waals surface area contributed by atoms with Crippen molar-refractivity contribution in [2.45, 2.75) is 13.3 Å². The molecule has 2 heterocycles. The molecule has 3 aromatic rings. The molecule has 7 heteroatoms. The Morgan fingerprint density at radius 2 is 2.14 bits per heavy atom. The van der Waals surface area contributed by atoms with Crippen LogP contribution < -0.4 is 11.1 Å². The Labute approximate surface area is 139 Å². The molecule has 4 nitrogen and oxygen atoms in total. The van der Waals surface area contributed by atoms with Gasteiger partial charge in [-0.25, -0.2) is 4.98 Å². The van der Waals surface area contributed by atoms with E-state index in [1.165, 1.54) is 4.88 Å². The van der Waals surface area contributed by atoms with E-state index in [0.717, 1.165) is 26.8 Å². The largest absolute Gasteiger partial charge is 0.368 e. The topological polar surface area (TPSA) is 63.8 Å². The van der Waals surface area contributed by atoms with E-state index >= 15 is 0 Å². The molecule has 21 heavy (non-hydrogen) atoms. The fourth-order valence-electron chi connectivity index (χ4n) is 1.98. The number of anilines is 3. The monoisotopic (exact) mass is 382 g/mol. The minimum Gasteiger partial charge on any atom is -0.368 e. The number of halogens is 2. The van der Waals surface area contributed by atoms with Crippen LogP contribution in [0.25, 0.3) is 10.2 Å². The van der Waals surface area contributed by atoms with Crippen molar-refractivity contribution in [3.8, 4) is 0 Å². The van der Waals surface area contributed by atoms with Gasteiger partial charge >= 0.3 is 0 Å². The quantitative estimate of drug-likeness (QED) is 0.668. The van der Waals surface area contributed by atoms with E-state index < -0.39 is 0 Å². The second-order valence-electron chi connectivity index (χ2n) is 4.46. The van der Waals surface area contributed by atoms with E-state index in [9.17, 15) is 0 Å². The van der Waals surface area contributed by atoms with Crippen LogP contribution in [0.5, 0.6) is 0 Å². The molecule has 0 saturated heterocycles. The zero-order chi connectivity index (χ0) is 15.0. The maximum atomic E-state index is 6.21. The highest BCUT2D eigenvalue weighted by atomic mass is 79.9. The number of nitrogens with two attached hydrogens (primary N) is 1. The van der Waals surface area contributed by atoms with Gasteiger partial charge in [0, 0.05) is 9.35 Å². The minimum absolute atomic E-state index is 0.251. The zero-order valence-electron chi connectivity index (χ0n) is 11.2. The lowest BCUT2D eigenvalue weighted by atomic mass is 10.3. The first kappa shape index (κ1) is 14.6. The second kappa shape index (κ2) is 5.79. The summed E-state index contributed by atoms with van der Waals surface area (Å²) in [4.78, 5) is 10.7. The fraction of sp³-hybridized carbons (Fsp3) is 0.143. The van der Waals surface area contributed by atoms with Gasteiger partial charge < -0.3 is 11.1 Å². The molecule has 0 radical (unpaired) electrons. The number of aromatic nitrogens is 2. The normalized spacial score (nSPS) is 11.0. The number of nitrogens with one attached hydrogen (secondary N) is 1. The van der Waals surface area contributed by atoms with Crippen LogP contribution in [-0.4, -0.2) is 9.97 Å². The van der Waals surface area contributed by atoms with E-state index in [-0.39, 0.29) is 5.95 Å².